The highest BCUT2D eigenvalue weighted by Gasteiger charge is 2.06. The van der Waals surface area contributed by atoms with Gasteiger partial charge in [0.25, 0.3) is 0 Å². The number of nitrogens with one attached hydrogen (secondary N) is 2. The van der Waals surface area contributed by atoms with Gasteiger partial charge in [0.05, 0.1) is 11.4 Å². The Hall–Kier alpha value is -1.56. The van der Waals surface area contributed by atoms with E-state index in [0.29, 0.717) is 24.1 Å². The minimum Gasteiger partial charge on any atom is -0.366 e. The molecule has 0 atom stereocenters. The van der Waals surface area contributed by atoms with Crippen molar-refractivity contribution in [1.29, 1.82) is 0 Å². The summed E-state index contributed by atoms with van der Waals surface area (Å²) in [6.07, 6.45) is 0. The number of hydrogen-bond acceptors (Lipinski definition) is 4. The zero-order chi connectivity index (χ0) is 13.7. The molecule has 1 heterocycles. The van der Waals surface area contributed by atoms with E-state index < -0.39 is 0 Å². The third-order valence-electron chi connectivity index (χ3n) is 2.36. The Morgan fingerprint density at radius 1 is 1.22 bits per heavy atom. The number of aryl methyl sites for hydroxylation is 2. The maximum atomic E-state index is 11.3. The van der Waals surface area contributed by atoms with Crippen LogP contribution in [0.3, 0.4) is 0 Å². The smallest absolute Gasteiger partial charge is 0.316 e. The number of carbonyl (C=O) groups excluding carboxylic acids is 1. The quantitative estimate of drug-likeness (QED) is 0.813. The Balaban J connectivity index is 2.45. The molecule has 0 bridgehead atoms. The standard InChI is InChI=1S/C11H18ClN5O/c1-7-8(2)16-10(9(12)15-7)13-5-6-14-11(18)17(3)4/h5-6H2,1-4H3,(H,13,16)(H,14,18). The maximum absolute atomic E-state index is 11.3. The molecule has 0 saturated heterocycles. The topological polar surface area (TPSA) is 70.2 Å². The molecule has 0 aliphatic heterocycles. The van der Waals surface area contributed by atoms with Crippen molar-refractivity contribution in [3.8, 4) is 0 Å². The van der Waals surface area contributed by atoms with Gasteiger partial charge in [-0.3, -0.25) is 0 Å². The highest BCUT2D eigenvalue weighted by molar-refractivity contribution is 6.31. The van der Waals surface area contributed by atoms with Gasteiger partial charge in [-0.05, 0) is 13.8 Å². The van der Waals surface area contributed by atoms with Gasteiger partial charge in [-0.2, -0.15) is 0 Å². The largest absolute Gasteiger partial charge is 0.366 e. The third kappa shape index (κ3) is 4.03. The summed E-state index contributed by atoms with van der Waals surface area (Å²) < 4.78 is 0. The molecular formula is C11H18ClN5O. The summed E-state index contributed by atoms with van der Waals surface area (Å²) in [5, 5.41) is 6.11. The summed E-state index contributed by atoms with van der Waals surface area (Å²) in [6.45, 7) is 4.76. The van der Waals surface area contributed by atoms with Gasteiger partial charge in [-0.25, -0.2) is 14.8 Å². The van der Waals surface area contributed by atoms with Crippen LogP contribution in [0.1, 0.15) is 11.4 Å². The third-order valence-corrected chi connectivity index (χ3v) is 2.63. The average molecular weight is 272 g/mol. The molecule has 0 unspecified atom stereocenters. The monoisotopic (exact) mass is 271 g/mol. The molecule has 0 saturated carbocycles. The molecule has 0 fully saturated rings. The van der Waals surface area contributed by atoms with E-state index in [2.05, 4.69) is 20.6 Å². The minimum absolute atomic E-state index is 0.130. The summed E-state index contributed by atoms with van der Waals surface area (Å²) in [7, 11) is 3.38. The Morgan fingerprint density at radius 3 is 2.44 bits per heavy atom. The molecule has 7 heteroatoms. The van der Waals surface area contributed by atoms with Crippen molar-refractivity contribution in [2.75, 3.05) is 32.5 Å². The van der Waals surface area contributed by atoms with Gasteiger partial charge < -0.3 is 15.5 Å². The van der Waals surface area contributed by atoms with Crippen molar-refractivity contribution in [2.24, 2.45) is 0 Å². The summed E-state index contributed by atoms with van der Waals surface area (Å²) in [4.78, 5) is 21.2. The molecule has 0 aliphatic rings. The van der Waals surface area contributed by atoms with E-state index in [1.54, 1.807) is 14.1 Å². The molecule has 6 nitrogen and oxygen atoms in total. The van der Waals surface area contributed by atoms with Gasteiger partial charge in [0, 0.05) is 27.2 Å². The van der Waals surface area contributed by atoms with E-state index in [9.17, 15) is 4.79 Å². The normalized spacial score (nSPS) is 10.1. The first-order valence-electron chi connectivity index (χ1n) is 5.61. The van der Waals surface area contributed by atoms with E-state index in [0.717, 1.165) is 11.4 Å². The van der Waals surface area contributed by atoms with Crippen LogP contribution >= 0.6 is 11.6 Å². The number of nitrogens with zero attached hydrogens (tertiary/aromatic N) is 3. The first-order chi connectivity index (χ1) is 8.41. The summed E-state index contributed by atoms with van der Waals surface area (Å²) >= 11 is 5.96. The van der Waals surface area contributed by atoms with Crippen molar-refractivity contribution in [3.63, 3.8) is 0 Å². The van der Waals surface area contributed by atoms with Crippen molar-refractivity contribution in [3.05, 3.63) is 16.5 Å². The predicted molar refractivity (Wildman–Crippen MR) is 72.1 cm³/mol. The van der Waals surface area contributed by atoms with Crippen LogP contribution in [0.15, 0.2) is 0 Å². The second kappa shape index (κ2) is 6.39. The fraction of sp³-hybridized carbons (Fsp3) is 0.545. The molecule has 0 spiro atoms. The van der Waals surface area contributed by atoms with Crippen molar-refractivity contribution >= 4 is 23.4 Å². The number of hydrogen-bond donors (Lipinski definition) is 2. The molecule has 0 aliphatic carbocycles. The van der Waals surface area contributed by atoms with Gasteiger partial charge in [0.1, 0.15) is 0 Å². The maximum Gasteiger partial charge on any atom is 0.316 e. The number of carbonyl (C=O) groups is 1. The number of rotatable bonds is 4. The fourth-order valence-corrected chi connectivity index (χ4v) is 1.43. The lowest BCUT2D eigenvalue weighted by Gasteiger charge is -2.13. The molecule has 1 aromatic heterocycles. The summed E-state index contributed by atoms with van der Waals surface area (Å²) in [6, 6.07) is -0.130. The molecule has 0 radical (unpaired) electrons. The van der Waals surface area contributed by atoms with Crippen molar-refractivity contribution < 1.29 is 4.79 Å². The van der Waals surface area contributed by atoms with Gasteiger partial charge in [0.2, 0.25) is 0 Å². The van der Waals surface area contributed by atoms with Crippen LogP contribution in [0.2, 0.25) is 5.15 Å². The fourth-order valence-electron chi connectivity index (χ4n) is 1.20. The Bertz CT molecular complexity index is 436. The molecule has 2 amide bonds. The van der Waals surface area contributed by atoms with Crippen LogP contribution in [0.5, 0.6) is 0 Å². The lowest BCUT2D eigenvalue weighted by atomic mass is 10.3. The van der Waals surface area contributed by atoms with E-state index in [4.69, 9.17) is 11.6 Å². The minimum atomic E-state index is -0.130. The SMILES string of the molecule is Cc1nc(Cl)c(NCCNC(=O)N(C)C)nc1C. The van der Waals surface area contributed by atoms with Crippen LogP contribution in [0.25, 0.3) is 0 Å². The van der Waals surface area contributed by atoms with Crippen molar-refractivity contribution in [2.45, 2.75) is 13.8 Å². The Kier molecular flexibility index (Phi) is 5.15. The first kappa shape index (κ1) is 14.5. The first-order valence-corrected chi connectivity index (χ1v) is 5.99. The summed E-state index contributed by atoms with van der Waals surface area (Å²) in [5.74, 6) is 0.541. The van der Waals surface area contributed by atoms with E-state index in [-0.39, 0.29) is 6.03 Å². The lowest BCUT2D eigenvalue weighted by Crippen LogP contribution is -2.37. The lowest BCUT2D eigenvalue weighted by molar-refractivity contribution is 0.218. The number of anilines is 1. The van der Waals surface area contributed by atoms with Crippen LogP contribution in [-0.2, 0) is 0 Å². The zero-order valence-corrected chi connectivity index (χ0v) is 11.8. The molecule has 18 heavy (non-hydrogen) atoms. The number of urea groups is 1. The van der Waals surface area contributed by atoms with Crippen LogP contribution in [-0.4, -0.2) is 48.1 Å². The van der Waals surface area contributed by atoms with E-state index in [1.807, 2.05) is 13.8 Å². The number of halogens is 1. The number of aromatic nitrogens is 2. The zero-order valence-electron chi connectivity index (χ0n) is 11.0. The average Bonchev–Trinajstić information content (AvgIpc) is 2.30. The van der Waals surface area contributed by atoms with Crippen molar-refractivity contribution in [1.82, 2.24) is 20.2 Å². The molecule has 0 aromatic carbocycles. The molecule has 1 aromatic rings. The van der Waals surface area contributed by atoms with Crippen LogP contribution in [0, 0.1) is 13.8 Å². The highest BCUT2D eigenvalue weighted by atomic mass is 35.5. The van der Waals surface area contributed by atoms with Gasteiger partial charge in [-0.15, -0.1) is 0 Å². The second-order valence-electron chi connectivity index (χ2n) is 4.09. The molecule has 100 valence electrons. The molecule has 2 N–H and O–H groups in total. The predicted octanol–water partition coefficient (Wildman–Crippen LogP) is 1.43. The van der Waals surface area contributed by atoms with E-state index >= 15 is 0 Å². The van der Waals surface area contributed by atoms with Crippen LogP contribution < -0.4 is 10.6 Å². The molecule has 1 rings (SSSR count). The van der Waals surface area contributed by atoms with Gasteiger partial charge in [-0.1, -0.05) is 11.6 Å². The van der Waals surface area contributed by atoms with Gasteiger partial charge in [0.15, 0.2) is 11.0 Å². The number of amides is 2. The highest BCUT2D eigenvalue weighted by Crippen LogP contribution is 2.17. The Labute approximate surface area is 112 Å². The molecular weight excluding hydrogens is 254 g/mol. The van der Waals surface area contributed by atoms with E-state index in [1.165, 1.54) is 4.90 Å². The van der Waals surface area contributed by atoms with Crippen LogP contribution in [0.4, 0.5) is 10.6 Å². The summed E-state index contributed by atoms with van der Waals surface area (Å²) in [5.41, 5.74) is 1.64. The van der Waals surface area contributed by atoms with Gasteiger partial charge >= 0.3 is 6.03 Å². The second-order valence-corrected chi connectivity index (χ2v) is 4.44. The Morgan fingerprint density at radius 2 is 1.83 bits per heavy atom.